The molecule has 6 nitrogen and oxygen atoms in total. The van der Waals surface area contributed by atoms with Crippen LogP contribution in [0.4, 0.5) is 0 Å². The highest BCUT2D eigenvalue weighted by molar-refractivity contribution is 7.05. The van der Waals surface area contributed by atoms with Crippen LogP contribution in [0.25, 0.3) is 0 Å². The summed E-state index contributed by atoms with van der Waals surface area (Å²) in [5, 5.41) is 5.47. The Bertz CT molecular complexity index is 1100. The molecule has 1 aliphatic heterocycles. The van der Waals surface area contributed by atoms with E-state index in [2.05, 4.69) is 20.4 Å². The molecule has 5 rings (SSSR count). The standard InChI is InChI=1S/C20H14Cl2N4O2S/c21-12-5-1-10(2-6-12)14-9-15-17(29-26-23-15)16(11-3-7-13(22)8-4-11)20(14)18(27)24-25-19(20)28/h1-8,14,16H,9H2,(H,24,27)(H,25,28). The molecule has 1 fully saturated rings. The van der Waals surface area contributed by atoms with E-state index in [0.29, 0.717) is 16.5 Å². The van der Waals surface area contributed by atoms with Gasteiger partial charge in [0.1, 0.15) is 5.41 Å². The summed E-state index contributed by atoms with van der Waals surface area (Å²) in [7, 11) is 0. The zero-order valence-electron chi connectivity index (χ0n) is 14.9. The number of hydrogen-bond donors (Lipinski definition) is 2. The maximum Gasteiger partial charge on any atom is 0.255 e. The van der Waals surface area contributed by atoms with Crippen LogP contribution in [0.2, 0.25) is 10.0 Å². The Kier molecular flexibility index (Phi) is 4.34. The van der Waals surface area contributed by atoms with Crippen LogP contribution >= 0.6 is 34.7 Å². The molecule has 9 heteroatoms. The highest BCUT2D eigenvalue weighted by atomic mass is 35.5. The third kappa shape index (κ3) is 2.68. The molecule has 146 valence electrons. The van der Waals surface area contributed by atoms with Gasteiger partial charge >= 0.3 is 0 Å². The maximum absolute atomic E-state index is 13.3. The molecular formula is C20H14Cl2N4O2S. The molecule has 0 saturated carbocycles. The third-order valence-corrected chi connectivity index (χ3v) is 7.10. The number of amides is 2. The highest BCUT2D eigenvalue weighted by Crippen LogP contribution is 2.57. The molecule has 3 aromatic rings. The van der Waals surface area contributed by atoms with Gasteiger partial charge in [0.15, 0.2) is 0 Å². The number of nitrogens with one attached hydrogen (secondary N) is 2. The van der Waals surface area contributed by atoms with Crippen LogP contribution in [-0.2, 0) is 16.0 Å². The molecule has 2 atom stereocenters. The minimum atomic E-state index is -1.37. The van der Waals surface area contributed by atoms with Crippen LogP contribution in [0.3, 0.4) is 0 Å². The second-order valence-electron chi connectivity index (χ2n) is 7.15. The molecule has 1 aliphatic carbocycles. The number of carbonyl (C=O) groups is 2. The van der Waals surface area contributed by atoms with Crippen LogP contribution < -0.4 is 10.9 Å². The molecule has 0 radical (unpaired) electrons. The molecule has 0 bridgehead atoms. The Hall–Kier alpha value is -2.48. The van der Waals surface area contributed by atoms with E-state index in [-0.39, 0.29) is 11.8 Å². The lowest BCUT2D eigenvalue weighted by Crippen LogP contribution is -2.50. The first-order valence-electron chi connectivity index (χ1n) is 8.94. The molecule has 1 saturated heterocycles. The molecule has 1 spiro atoms. The van der Waals surface area contributed by atoms with Gasteiger partial charge in [-0.2, -0.15) is 0 Å². The van der Waals surface area contributed by atoms with Crippen molar-refractivity contribution in [1.29, 1.82) is 0 Å². The fourth-order valence-corrected chi connectivity index (χ4v) is 5.62. The number of fused-ring (bicyclic) bond motifs is 1. The number of carbonyl (C=O) groups excluding carboxylic acids is 2. The Morgan fingerprint density at radius 2 is 1.45 bits per heavy atom. The summed E-state index contributed by atoms with van der Waals surface area (Å²) in [5.74, 6) is -1.69. The van der Waals surface area contributed by atoms with Crippen LogP contribution in [0.5, 0.6) is 0 Å². The topological polar surface area (TPSA) is 84.0 Å². The minimum Gasteiger partial charge on any atom is -0.272 e. The van der Waals surface area contributed by atoms with Gasteiger partial charge in [0.2, 0.25) is 0 Å². The Morgan fingerprint density at radius 1 is 0.897 bits per heavy atom. The normalized spacial score (nSPS) is 22.3. The van der Waals surface area contributed by atoms with Gasteiger partial charge in [-0.3, -0.25) is 20.4 Å². The molecule has 2 N–H and O–H groups in total. The van der Waals surface area contributed by atoms with Crippen molar-refractivity contribution in [2.45, 2.75) is 18.3 Å². The van der Waals surface area contributed by atoms with Crippen molar-refractivity contribution in [3.05, 3.63) is 80.3 Å². The van der Waals surface area contributed by atoms with Crippen molar-refractivity contribution >= 4 is 46.5 Å². The monoisotopic (exact) mass is 444 g/mol. The van der Waals surface area contributed by atoms with E-state index < -0.39 is 17.3 Å². The van der Waals surface area contributed by atoms with Crippen molar-refractivity contribution in [2.75, 3.05) is 0 Å². The van der Waals surface area contributed by atoms with E-state index in [1.165, 1.54) is 11.5 Å². The zero-order valence-corrected chi connectivity index (χ0v) is 17.2. The van der Waals surface area contributed by atoms with Gasteiger partial charge in [0.05, 0.1) is 10.6 Å². The number of hydrogen-bond acceptors (Lipinski definition) is 5. The summed E-state index contributed by atoms with van der Waals surface area (Å²) in [6.45, 7) is 0. The molecule has 1 aromatic heterocycles. The molecule has 29 heavy (non-hydrogen) atoms. The summed E-state index contributed by atoms with van der Waals surface area (Å²) in [5.41, 5.74) is 6.18. The highest BCUT2D eigenvalue weighted by Gasteiger charge is 2.64. The van der Waals surface area contributed by atoms with E-state index in [0.717, 1.165) is 21.7 Å². The predicted molar refractivity (Wildman–Crippen MR) is 110 cm³/mol. The van der Waals surface area contributed by atoms with Gasteiger partial charge in [0, 0.05) is 28.3 Å². The van der Waals surface area contributed by atoms with Gasteiger partial charge in [-0.1, -0.05) is 52.0 Å². The van der Waals surface area contributed by atoms with Gasteiger partial charge in [-0.05, 0) is 46.9 Å². The van der Waals surface area contributed by atoms with Crippen LogP contribution in [0.15, 0.2) is 48.5 Å². The number of rotatable bonds is 2. The lowest BCUT2D eigenvalue weighted by Gasteiger charge is -2.42. The largest absolute Gasteiger partial charge is 0.272 e. The Morgan fingerprint density at radius 3 is 2.03 bits per heavy atom. The lowest BCUT2D eigenvalue weighted by molar-refractivity contribution is -0.139. The third-order valence-electron chi connectivity index (χ3n) is 5.77. The minimum absolute atomic E-state index is 0.360. The second-order valence-corrected chi connectivity index (χ2v) is 8.81. The van der Waals surface area contributed by atoms with Crippen LogP contribution in [0.1, 0.15) is 33.5 Å². The van der Waals surface area contributed by atoms with Crippen molar-refractivity contribution in [3.63, 3.8) is 0 Å². The molecule has 2 amide bonds. The van der Waals surface area contributed by atoms with Gasteiger partial charge in [0.25, 0.3) is 11.8 Å². The van der Waals surface area contributed by atoms with E-state index in [1.54, 1.807) is 24.3 Å². The van der Waals surface area contributed by atoms with Crippen molar-refractivity contribution in [1.82, 2.24) is 20.4 Å². The SMILES string of the molecule is O=C1NNC(=O)C12C(c1ccc(Cl)cc1)Cc1nnsc1C2c1ccc(Cl)cc1. The van der Waals surface area contributed by atoms with Gasteiger partial charge in [-0.15, -0.1) is 5.10 Å². The fourth-order valence-electron chi connectivity index (χ4n) is 4.49. The quantitative estimate of drug-likeness (QED) is 0.592. The number of aromatic nitrogens is 2. The first kappa shape index (κ1) is 18.5. The Balaban J connectivity index is 1.79. The summed E-state index contributed by atoms with van der Waals surface area (Å²) < 4.78 is 4.13. The average molecular weight is 445 g/mol. The summed E-state index contributed by atoms with van der Waals surface area (Å²) >= 11 is 13.4. The van der Waals surface area contributed by atoms with E-state index in [4.69, 9.17) is 23.2 Å². The Labute approximate surface area is 180 Å². The number of nitrogens with zero attached hydrogens (tertiary/aromatic N) is 2. The maximum atomic E-state index is 13.3. The molecular weight excluding hydrogens is 431 g/mol. The lowest BCUT2D eigenvalue weighted by atomic mass is 9.57. The molecule has 2 aromatic carbocycles. The summed E-state index contributed by atoms with van der Waals surface area (Å²) in [4.78, 5) is 27.4. The number of benzene rings is 2. The van der Waals surface area contributed by atoms with Crippen LogP contribution in [-0.4, -0.2) is 21.4 Å². The van der Waals surface area contributed by atoms with Crippen molar-refractivity contribution in [2.24, 2.45) is 5.41 Å². The second kappa shape index (κ2) is 6.79. The first-order valence-corrected chi connectivity index (χ1v) is 10.5. The summed E-state index contributed by atoms with van der Waals surface area (Å²) in [6.07, 6.45) is 0.429. The average Bonchev–Trinajstić information content (AvgIpc) is 3.30. The van der Waals surface area contributed by atoms with Gasteiger partial charge in [-0.25, -0.2) is 0 Å². The number of hydrazine groups is 1. The molecule has 2 heterocycles. The van der Waals surface area contributed by atoms with Crippen molar-refractivity contribution in [3.8, 4) is 0 Å². The zero-order chi connectivity index (χ0) is 20.2. The number of halogens is 2. The molecule has 2 aliphatic rings. The van der Waals surface area contributed by atoms with E-state index in [1.807, 2.05) is 24.3 Å². The first-order chi connectivity index (χ1) is 14.0. The fraction of sp³-hybridized carbons (Fsp3) is 0.200. The smallest absolute Gasteiger partial charge is 0.255 e. The van der Waals surface area contributed by atoms with E-state index >= 15 is 0 Å². The van der Waals surface area contributed by atoms with Gasteiger partial charge < -0.3 is 0 Å². The van der Waals surface area contributed by atoms with E-state index in [9.17, 15) is 9.59 Å². The van der Waals surface area contributed by atoms with Crippen LogP contribution in [0, 0.1) is 5.41 Å². The van der Waals surface area contributed by atoms with Crippen molar-refractivity contribution < 1.29 is 9.59 Å². The predicted octanol–water partition coefficient (Wildman–Crippen LogP) is 3.46. The summed E-state index contributed by atoms with van der Waals surface area (Å²) in [6, 6.07) is 14.5. The molecule has 2 unspecified atom stereocenters.